The monoisotopic (exact) mass is 603 g/mol. The van der Waals surface area contributed by atoms with Crippen molar-refractivity contribution in [3.63, 3.8) is 0 Å². The first-order valence-electron chi connectivity index (χ1n) is 16.0. The summed E-state index contributed by atoms with van der Waals surface area (Å²) in [6, 6.07) is 36.4. The molecule has 9 rings (SSSR count). The summed E-state index contributed by atoms with van der Waals surface area (Å²) < 4.78 is 11.0. The van der Waals surface area contributed by atoms with Crippen LogP contribution < -0.4 is 9.47 Å². The van der Waals surface area contributed by atoms with Crippen LogP contribution in [0.4, 0.5) is 0 Å². The minimum absolute atomic E-state index is 0.000689. The number of benzene rings is 5. The molecule has 2 saturated heterocycles. The van der Waals surface area contributed by atoms with Crippen LogP contribution in [-0.4, -0.2) is 43.3 Å². The van der Waals surface area contributed by atoms with Crippen molar-refractivity contribution >= 4 is 34.0 Å². The van der Waals surface area contributed by atoms with Gasteiger partial charge in [-0.2, -0.15) is 0 Å². The number of fused-ring (bicyclic) bond motifs is 6. The van der Waals surface area contributed by atoms with Crippen molar-refractivity contribution in [3.8, 4) is 11.5 Å². The highest BCUT2D eigenvalue weighted by atomic mass is 16.5. The SMILES string of the molecule is COc1ccc(/C=C2/C(=O)[C@]3(c4ccccc42)[C@@H](c2ccc(OC)cc2)C2CCCN2[C@]32C(=O)c3cccc4cccc2c34)cc1. The number of ether oxygens (including phenoxy) is 2. The molecule has 4 aliphatic rings. The average molecular weight is 604 g/mol. The van der Waals surface area contributed by atoms with Crippen LogP contribution in [-0.2, 0) is 15.7 Å². The van der Waals surface area contributed by atoms with E-state index in [2.05, 4.69) is 53.4 Å². The molecule has 0 radical (unpaired) electrons. The van der Waals surface area contributed by atoms with Crippen LogP contribution in [0.5, 0.6) is 11.5 Å². The molecule has 4 atom stereocenters. The zero-order valence-electron chi connectivity index (χ0n) is 25.8. The van der Waals surface area contributed by atoms with E-state index in [1.165, 1.54) is 0 Å². The van der Waals surface area contributed by atoms with E-state index in [9.17, 15) is 0 Å². The van der Waals surface area contributed by atoms with Crippen molar-refractivity contribution in [3.05, 3.63) is 143 Å². The Labute approximate surface area is 268 Å². The minimum Gasteiger partial charge on any atom is -0.497 e. The van der Waals surface area contributed by atoms with Gasteiger partial charge in [0, 0.05) is 23.1 Å². The molecule has 2 aliphatic carbocycles. The average Bonchev–Trinajstić information content (AvgIpc) is 3.81. The molecule has 0 aromatic heterocycles. The fraction of sp³-hybridized carbons (Fsp3) is 0.220. The lowest BCUT2D eigenvalue weighted by atomic mass is 9.55. The predicted octanol–water partition coefficient (Wildman–Crippen LogP) is 7.57. The summed E-state index contributed by atoms with van der Waals surface area (Å²) in [5.74, 6) is 1.31. The van der Waals surface area contributed by atoms with E-state index in [4.69, 9.17) is 9.47 Å². The van der Waals surface area contributed by atoms with Crippen LogP contribution in [0.3, 0.4) is 0 Å². The van der Waals surface area contributed by atoms with E-state index in [1.54, 1.807) is 14.2 Å². The van der Waals surface area contributed by atoms with E-state index in [1.807, 2.05) is 66.7 Å². The van der Waals surface area contributed by atoms with Gasteiger partial charge < -0.3 is 9.47 Å². The molecule has 0 N–H and O–H groups in total. The fourth-order valence-corrected chi connectivity index (χ4v) is 9.60. The van der Waals surface area contributed by atoms with Crippen LogP contribution in [0.1, 0.15) is 56.9 Å². The van der Waals surface area contributed by atoms with Gasteiger partial charge in [-0.25, -0.2) is 0 Å². The summed E-state index contributed by atoms with van der Waals surface area (Å²) in [5.41, 5.74) is 3.75. The first-order valence-corrected chi connectivity index (χ1v) is 16.0. The number of rotatable bonds is 4. The Morgan fingerprint density at radius 1 is 0.717 bits per heavy atom. The lowest BCUT2D eigenvalue weighted by Gasteiger charge is -2.46. The molecule has 5 heteroatoms. The second kappa shape index (κ2) is 9.75. The lowest BCUT2D eigenvalue weighted by Crippen LogP contribution is -2.60. The van der Waals surface area contributed by atoms with E-state index in [0.29, 0.717) is 11.1 Å². The van der Waals surface area contributed by atoms with Crippen molar-refractivity contribution in [1.82, 2.24) is 4.90 Å². The van der Waals surface area contributed by atoms with Gasteiger partial charge in [0.15, 0.2) is 11.6 Å². The topological polar surface area (TPSA) is 55.8 Å². The number of hydrogen-bond acceptors (Lipinski definition) is 5. The van der Waals surface area contributed by atoms with Gasteiger partial charge in [-0.1, -0.05) is 84.9 Å². The number of ketones is 2. The first-order chi connectivity index (χ1) is 22.5. The number of allylic oxidation sites excluding steroid dienone is 1. The molecule has 0 bridgehead atoms. The van der Waals surface area contributed by atoms with E-state index >= 15 is 9.59 Å². The molecule has 2 heterocycles. The lowest BCUT2D eigenvalue weighted by molar-refractivity contribution is -0.121. The molecule has 5 aromatic carbocycles. The molecule has 2 fully saturated rings. The molecule has 46 heavy (non-hydrogen) atoms. The predicted molar refractivity (Wildman–Crippen MR) is 179 cm³/mol. The zero-order valence-corrected chi connectivity index (χ0v) is 25.8. The number of nitrogens with zero attached hydrogens (tertiary/aromatic N) is 1. The number of methoxy groups -OCH3 is 2. The van der Waals surface area contributed by atoms with Crippen LogP contribution >= 0.6 is 0 Å². The third-order valence-corrected chi connectivity index (χ3v) is 11.2. The van der Waals surface area contributed by atoms with Gasteiger partial charge in [-0.15, -0.1) is 0 Å². The minimum atomic E-state index is -1.19. The van der Waals surface area contributed by atoms with Crippen molar-refractivity contribution in [2.24, 2.45) is 0 Å². The largest absolute Gasteiger partial charge is 0.497 e. The Hall–Kier alpha value is -5.00. The number of carbonyl (C=O) groups is 2. The van der Waals surface area contributed by atoms with Crippen LogP contribution in [0, 0.1) is 0 Å². The van der Waals surface area contributed by atoms with E-state index in [-0.39, 0.29) is 23.5 Å². The second-order valence-corrected chi connectivity index (χ2v) is 12.9. The van der Waals surface area contributed by atoms with Gasteiger partial charge in [0.05, 0.1) is 19.6 Å². The summed E-state index contributed by atoms with van der Waals surface area (Å²) in [4.78, 5) is 33.9. The van der Waals surface area contributed by atoms with Gasteiger partial charge >= 0.3 is 0 Å². The van der Waals surface area contributed by atoms with Crippen molar-refractivity contribution in [2.75, 3.05) is 20.8 Å². The van der Waals surface area contributed by atoms with Crippen molar-refractivity contribution in [1.29, 1.82) is 0 Å². The van der Waals surface area contributed by atoms with Crippen LogP contribution in [0.15, 0.2) is 109 Å². The summed E-state index contributed by atoms with van der Waals surface area (Å²) >= 11 is 0. The molecular formula is C41H33NO4. The van der Waals surface area contributed by atoms with Crippen LogP contribution in [0.25, 0.3) is 22.4 Å². The van der Waals surface area contributed by atoms with Gasteiger partial charge in [-0.3, -0.25) is 14.5 Å². The smallest absolute Gasteiger partial charge is 0.189 e. The zero-order chi connectivity index (χ0) is 31.2. The quantitative estimate of drug-likeness (QED) is 0.198. The Morgan fingerprint density at radius 3 is 2.11 bits per heavy atom. The van der Waals surface area contributed by atoms with Gasteiger partial charge in [-0.05, 0) is 88.3 Å². The maximum atomic E-state index is 15.9. The molecular weight excluding hydrogens is 570 g/mol. The third-order valence-electron chi connectivity index (χ3n) is 11.2. The van der Waals surface area contributed by atoms with Gasteiger partial charge in [0.1, 0.15) is 17.0 Å². The maximum Gasteiger partial charge on any atom is 0.189 e. The Balaban J connectivity index is 1.40. The Kier molecular flexibility index (Phi) is 5.79. The summed E-state index contributed by atoms with van der Waals surface area (Å²) in [6.07, 6.45) is 3.89. The normalized spacial score (nSPS) is 26.9. The second-order valence-electron chi connectivity index (χ2n) is 12.9. The molecule has 5 aromatic rings. The standard InChI is InChI=1S/C41H33NO4/c1-45-28-19-15-25(16-20-28)24-32-30-10-3-4-12-33(30)40(38(32)43)37(27-17-21-29(46-2)22-18-27)35-14-7-23-42(35)41(40)34-13-6-9-26-8-5-11-31(36(26)34)39(41)44/h3-6,8-13,15-22,24,35,37H,7,14,23H2,1-2H3/b32-24+/t35?,37-,40-,41+/m0/s1. The summed E-state index contributed by atoms with van der Waals surface area (Å²) in [6.45, 7) is 0.752. The highest BCUT2D eigenvalue weighted by Gasteiger charge is 2.79. The highest BCUT2D eigenvalue weighted by molar-refractivity contribution is 6.37. The number of hydrogen-bond donors (Lipinski definition) is 0. The third kappa shape index (κ3) is 3.18. The first kappa shape index (κ1) is 27.3. The van der Waals surface area contributed by atoms with Gasteiger partial charge in [0.2, 0.25) is 0 Å². The molecule has 0 saturated carbocycles. The number of carbonyl (C=O) groups excluding carboxylic acids is 2. The van der Waals surface area contributed by atoms with Crippen molar-refractivity contribution < 1.29 is 19.1 Å². The van der Waals surface area contributed by atoms with E-state index < -0.39 is 11.0 Å². The summed E-state index contributed by atoms with van der Waals surface area (Å²) in [5, 5.41) is 2.01. The summed E-state index contributed by atoms with van der Waals surface area (Å²) in [7, 11) is 3.32. The molecule has 1 unspecified atom stereocenters. The van der Waals surface area contributed by atoms with Crippen molar-refractivity contribution in [2.45, 2.75) is 35.8 Å². The van der Waals surface area contributed by atoms with E-state index in [0.717, 1.165) is 69.5 Å². The molecule has 2 aliphatic heterocycles. The number of Topliss-reactive ketones (excluding diaryl/α,β-unsaturated/α-hetero) is 2. The fourth-order valence-electron chi connectivity index (χ4n) is 9.60. The van der Waals surface area contributed by atoms with Crippen LogP contribution in [0.2, 0.25) is 0 Å². The molecule has 0 amide bonds. The maximum absolute atomic E-state index is 15.9. The Bertz CT molecular complexity index is 2110. The molecule has 226 valence electrons. The highest BCUT2D eigenvalue weighted by Crippen LogP contribution is 2.71. The molecule has 2 spiro atoms. The van der Waals surface area contributed by atoms with Gasteiger partial charge in [0.25, 0.3) is 0 Å². The Morgan fingerprint density at radius 2 is 1.37 bits per heavy atom. The molecule has 5 nitrogen and oxygen atoms in total.